The van der Waals surface area contributed by atoms with Crippen LogP contribution in [0.5, 0.6) is 0 Å². The fraction of sp³-hybridized carbons (Fsp3) is 0.455. The van der Waals surface area contributed by atoms with Crippen LogP contribution in [0.4, 0.5) is 0 Å². The van der Waals surface area contributed by atoms with Crippen LogP contribution in [0.15, 0.2) is 24.5 Å². The summed E-state index contributed by atoms with van der Waals surface area (Å²) in [6.07, 6.45) is 5.04. The summed E-state index contributed by atoms with van der Waals surface area (Å²) in [6.45, 7) is 1.95. The third-order valence-electron chi connectivity index (χ3n) is 2.03. The molecule has 1 amide bonds. The van der Waals surface area contributed by atoms with Gasteiger partial charge in [0.05, 0.1) is 5.60 Å². The molecule has 2 N–H and O–H groups in total. The van der Waals surface area contributed by atoms with Gasteiger partial charge in [0.1, 0.15) is 0 Å². The van der Waals surface area contributed by atoms with Gasteiger partial charge < -0.3 is 10.4 Å². The van der Waals surface area contributed by atoms with Crippen molar-refractivity contribution >= 4 is 17.7 Å². The second kappa shape index (κ2) is 5.86. The Bertz CT molecular complexity index is 341. The lowest BCUT2D eigenvalue weighted by Crippen LogP contribution is -2.42. The second-order valence-electron chi connectivity index (χ2n) is 3.85. The van der Waals surface area contributed by atoms with Crippen LogP contribution in [0, 0.1) is 0 Å². The first kappa shape index (κ1) is 13.0. The summed E-state index contributed by atoms with van der Waals surface area (Å²) in [6, 6.07) is 3.28. The van der Waals surface area contributed by atoms with Gasteiger partial charge in [-0.3, -0.25) is 9.78 Å². The molecule has 0 saturated heterocycles. The zero-order chi connectivity index (χ0) is 12.0. The first-order valence-electron chi connectivity index (χ1n) is 4.95. The molecule has 1 aromatic rings. The highest BCUT2D eigenvalue weighted by Crippen LogP contribution is 2.09. The van der Waals surface area contributed by atoms with Crippen LogP contribution in [0.25, 0.3) is 0 Å². The molecule has 1 aromatic heterocycles. The standard InChI is InChI=1S/C11H16N2O2S/c1-11(15,8-16-2)7-13-10(14)9-3-5-12-6-4-9/h3-6,15H,7-8H2,1-2H3,(H,13,14). The lowest BCUT2D eigenvalue weighted by molar-refractivity contribution is 0.0725. The number of nitrogens with zero attached hydrogens (tertiary/aromatic N) is 1. The van der Waals surface area contributed by atoms with Crippen molar-refractivity contribution < 1.29 is 9.90 Å². The summed E-state index contributed by atoms with van der Waals surface area (Å²) in [5.74, 6) is 0.396. The summed E-state index contributed by atoms with van der Waals surface area (Å²) < 4.78 is 0. The zero-order valence-corrected chi connectivity index (χ0v) is 10.3. The molecule has 0 saturated carbocycles. The van der Waals surface area contributed by atoms with Crippen molar-refractivity contribution in [1.29, 1.82) is 0 Å². The molecule has 0 aromatic carbocycles. The third kappa shape index (κ3) is 4.20. The van der Waals surface area contributed by atoms with E-state index in [1.54, 1.807) is 43.2 Å². The number of carbonyl (C=O) groups is 1. The van der Waals surface area contributed by atoms with Crippen molar-refractivity contribution in [3.63, 3.8) is 0 Å². The third-order valence-corrected chi connectivity index (χ3v) is 2.94. The molecule has 0 bridgehead atoms. The second-order valence-corrected chi connectivity index (χ2v) is 4.71. The van der Waals surface area contributed by atoms with Crippen molar-refractivity contribution in [3.05, 3.63) is 30.1 Å². The quantitative estimate of drug-likeness (QED) is 0.803. The molecule has 1 atom stereocenters. The van der Waals surface area contributed by atoms with Gasteiger partial charge in [0, 0.05) is 30.3 Å². The van der Waals surface area contributed by atoms with Gasteiger partial charge in [-0.05, 0) is 25.3 Å². The molecule has 88 valence electrons. The normalized spacial score (nSPS) is 14.2. The number of carbonyl (C=O) groups excluding carboxylic acids is 1. The maximum absolute atomic E-state index is 11.6. The minimum Gasteiger partial charge on any atom is -0.387 e. The largest absolute Gasteiger partial charge is 0.387 e. The van der Waals surface area contributed by atoms with E-state index in [0.29, 0.717) is 11.3 Å². The van der Waals surface area contributed by atoms with Crippen LogP contribution < -0.4 is 5.32 Å². The van der Waals surface area contributed by atoms with Gasteiger partial charge in [0.25, 0.3) is 5.91 Å². The number of hydrogen-bond acceptors (Lipinski definition) is 4. The van der Waals surface area contributed by atoms with Gasteiger partial charge >= 0.3 is 0 Å². The first-order chi connectivity index (χ1) is 7.55. The zero-order valence-electron chi connectivity index (χ0n) is 9.43. The predicted molar refractivity (Wildman–Crippen MR) is 65.6 cm³/mol. The average molecular weight is 240 g/mol. The van der Waals surface area contributed by atoms with Gasteiger partial charge in [-0.2, -0.15) is 11.8 Å². The molecule has 0 radical (unpaired) electrons. The molecule has 0 aliphatic carbocycles. The Morgan fingerprint density at radius 1 is 1.56 bits per heavy atom. The van der Waals surface area contributed by atoms with Gasteiger partial charge in [-0.25, -0.2) is 0 Å². The molecule has 0 fully saturated rings. The van der Waals surface area contributed by atoms with Gasteiger partial charge in [-0.15, -0.1) is 0 Å². The molecule has 1 heterocycles. The van der Waals surface area contributed by atoms with Crippen LogP contribution in [-0.4, -0.2) is 40.2 Å². The first-order valence-corrected chi connectivity index (χ1v) is 6.34. The molecule has 0 spiro atoms. The van der Waals surface area contributed by atoms with Crippen molar-refractivity contribution in [1.82, 2.24) is 10.3 Å². The lowest BCUT2D eigenvalue weighted by atomic mass is 10.1. The van der Waals surface area contributed by atoms with Crippen molar-refractivity contribution in [3.8, 4) is 0 Å². The number of rotatable bonds is 5. The Balaban J connectivity index is 2.48. The van der Waals surface area contributed by atoms with E-state index in [1.807, 2.05) is 6.26 Å². The molecule has 16 heavy (non-hydrogen) atoms. The molecule has 1 unspecified atom stereocenters. The summed E-state index contributed by atoms with van der Waals surface area (Å²) in [5.41, 5.74) is -0.322. The Hall–Kier alpha value is -1.07. The maximum atomic E-state index is 11.6. The van der Waals surface area contributed by atoms with E-state index in [-0.39, 0.29) is 12.5 Å². The molecule has 0 aliphatic rings. The number of hydrogen-bond donors (Lipinski definition) is 2. The number of amides is 1. The highest BCUT2D eigenvalue weighted by Gasteiger charge is 2.20. The Morgan fingerprint density at radius 3 is 2.75 bits per heavy atom. The van der Waals surface area contributed by atoms with Crippen LogP contribution in [-0.2, 0) is 0 Å². The summed E-state index contributed by atoms with van der Waals surface area (Å²) in [7, 11) is 0. The molecular formula is C11H16N2O2S. The Labute approximate surface area is 99.5 Å². The van der Waals surface area contributed by atoms with Crippen LogP contribution in [0.2, 0.25) is 0 Å². The minimum atomic E-state index is -0.873. The molecule has 5 heteroatoms. The summed E-state index contributed by atoms with van der Waals surface area (Å²) in [5, 5.41) is 12.6. The molecule has 4 nitrogen and oxygen atoms in total. The van der Waals surface area contributed by atoms with E-state index in [4.69, 9.17) is 0 Å². The fourth-order valence-corrected chi connectivity index (χ4v) is 1.96. The molecule has 0 aliphatic heterocycles. The monoisotopic (exact) mass is 240 g/mol. The van der Waals surface area contributed by atoms with Gasteiger partial charge in [0.15, 0.2) is 0 Å². The smallest absolute Gasteiger partial charge is 0.251 e. The van der Waals surface area contributed by atoms with Gasteiger partial charge in [-0.1, -0.05) is 0 Å². The Morgan fingerprint density at radius 2 is 2.19 bits per heavy atom. The number of aliphatic hydroxyl groups is 1. The van der Waals surface area contributed by atoms with E-state index in [9.17, 15) is 9.90 Å². The highest BCUT2D eigenvalue weighted by atomic mass is 32.2. The van der Waals surface area contributed by atoms with E-state index in [0.717, 1.165) is 0 Å². The van der Waals surface area contributed by atoms with Crippen LogP contribution >= 0.6 is 11.8 Å². The number of thioether (sulfide) groups is 1. The van der Waals surface area contributed by atoms with Crippen LogP contribution in [0.1, 0.15) is 17.3 Å². The molecular weight excluding hydrogens is 224 g/mol. The van der Waals surface area contributed by atoms with Crippen molar-refractivity contribution in [2.24, 2.45) is 0 Å². The average Bonchev–Trinajstić information content (AvgIpc) is 2.27. The molecule has 1 rings (SSSR count). The van der Waals surface area contributed by atoms with Crippen molar-refractivity contribution in [2.45, 2.75) is 12.5 Å². The summed E-state index contributed by atoms with van der Waals surface area (Å²) >= 11 is 1.54. The van der Waals surface area contributed by atoms with Crippen LogP contribution in [0.3, 0.4) is 0 Å². The highest BCUT2D eigenvalue weighted by molar-refractivity contribution is 7.98. The fourth-order valence-electron chi connectivity index (χ4n) is 1.24. The number of pyridine rings is 1. The van der Waals surface area contributed by atoms with E-state index in [2.05, 4.69) is 10.3 Å². The number of nitrogens with one attached hydrogen (secondary N) is 1. The summed E-state index contributed by atoms with van der Waals surface area (Å²) in [4.78, 5) is 15.5. The van der Waals surface area contributed by atoms with Gasteiger partial charge in [0.2, 0.25) is 0 Å². The number of aromatic nitrogens is 1. The van der Waals surface area contributed by atoms with Crippen molar-refractivity contribution in [2.75, 3.05) is 18.6 Å². The topological polar surface area (TPSA) is 62.2 Å². The maximum Gasteiger partial charge on any atom is 0.251 e. The van der Waals surface area contributed by atoms with E-state index >= 15 is 0 Å². The minimum absolute atomic E-state index is 0.191. The van der Waals surface area contributed by atoms with E-state index in [1.165, 1.54) is 0 Å². The Kier molecular flexibility index (Phi) is 4.76. The predicted octanol–water partition coefficient (Wildman–Crippen LogP) is 0.925. The lowest BCUT2D eigenvalue weighted by Gasteiger charge is -2.22. The SMILES string of the molecule is CSCC(C)(O)CNC(=O)c1ccncc1. The van der Waals surface area contributed by atoms with E-state index < -0.39 is 5.60 Å².